The number of carbonyl (C=O) groups excluding carboxylic acids is 1. The standard InChI is InChI=1S/C8H5BrF2O/c9-6-1-5(8(12)4-10)2-7(11)3-6/h1-3H,4H2. The second-order valence-electron chi connectivity index (χ2n) is 2.21. The van der Waals surface area contributed by atoms with E-state index in [1.807, 2.05) is 0 Å². The van der Waals surface area contributed by atoms with Crippen molar-refractivity contribution in [3.05, 3.63) is 34.1 Å². The molecule has 0 aliphatic rings. The second kappa shape index (κ2) is 3.76. The largest absolute Gasteiger partial charge is 0.291 e. The highest BCUT2D eigenvalue weighted by Crippen LogP contribution is 2.15. The minimum Gasteiger partial charge on any atom is -0.291 e. The Morgan fingerprint density at radius 2 is 2.08 bits per heavy atom. The molecule has 4 heteroatoms. The lowest BCUT2D eigenvalue weighted by Gasteiger charge is -1.97. The molecule has 0 heterocycles. The van der Waals surface area contributed by atoms with Crippen molar-refractivity contribution < 1.29 is 13.6 Å². The summed E-state index contributed by atoms with van der Waals surface area (Å²) in [6.45, 7) is -1.10. The lowest BCUT2D eigenvalue weighted by atomic mass is 10.1. The molecule has 0 radical (unpaired) electrons. The quantitative estimate of drug-likeness (QED) is 0.720. The monoisotopic (exact) mass is 234 g/mol. The maximum atomic E-state index is 12.6. The molecule has 0 unspecified atom stereocenters. The lowest BCUT2D eigenvalue weighted by Crippen LogP contribution is -2.01. The fourth-order valence-electron chi connectivity index (χ4n) is 0.792. The summed E-state index contributed by atoms with van der Waals surface area (Å²) in [6.07, 6.45) is 0. The number of halogens is 3. The van der Waals surface area contributed by atoms with E-state index in [1.165, 1.54) is 12.1 Å². The van der Waals surface area contributed by atoms with Crippen molar-refractivity contribution in [3.63, 3.8) is 0 Å². The van der Waals surface area contributed by atoms with Crippen LogP contribution in [0.3, 0.4) is 0 Å². The number of carbonyl (C=O) groups is 1. The second-order valence-corrected chi connectivity index (χ2v) is 3.13. The van der Waals surface area contributed by atoms with Gasteiger partial charge in [-0.3, -0.25) is 4.79 Å². The summed E-state index contributed by atoms with van der Waals surface area (Å²) in [6, 6.07) is 3.59. The zero-order valence-corrected chi connectivity index (χ0v) is 7.57. The Morgan fingerprint density at radius 3 is 2.58 bits per heavy atom. The SMILES string of the molecule is O=C(CF)c1cc(F)cc(Br)c1. The van der Waals surface area contributed by atoms with Gasteiger partial charge in [0.15, 0.2) is 12.5 Å². The topological polar surface area (TPSA) is 17.1 Å². The third kappa shape index (κ3) is 2.11. The number of hydrogen-bond donors (Lipinski definition) is 0. The van der Waals surface area contributed by atoms with Crippen LogP contribution in [0.25, 0.3) is 0 Å². The third-order valence-corrected chi connectivity index (χ3v) is 1.76. The Balaban J connectivity index is 3.08. The predicted octanol–water partition coefficient (Wildman–Crippen LogP) is 2.74. The zero-order valence-electron chi connectivity index (χ0n) is 5.98. The first kappa shape index (κ1) is 9.32. The third-order valence-electron chi connectivity index (χ3n) is 1.31. The van der Waals surface area contributed by atoms with Crippen LogP contribution in [0, 0.1) is 5.82 Å². The van der Waals surface area contributed by atoms with Gasteiger partial charge in [0, 0.05) is 10.0 Å². The van der Waals surface area contributed by atoms with E-state index in [4.69, 9.17) is 0 Å². The van der Waals surface area contributed by atoms with Gasteiger partial charge in [0.2, 0.25) is 0 Å². The van der Waals surface area contributed by atoms with Crippen LogP contribution in [0.1, 0.15) is 10.4 Å². The van der Waals surface area contributed by atoms with E-state index in [2.05, 4.69) is 15.9 Å². The molecule has 0 fully saturated rings. The molecule has 0 atom stereocenters. The summed E-state index contributed by atoms with van der Waals surface area (Å²) in [5.74, 6) is -1.27. The van der Waals surface area contributed by atoms with Gasteiger partial charge in [-0.1, -0.05) is 15.9 Å². The highest BCUT2D eigenvalue weighted by molar-refractivity contribution is 9.10. The smallest absolute Gasteiger partial charge is 0.193 e. The molecule has 0 aromatic heterocycles. The van der Waals surface area contributed by atoms with Gasteiger partial charge in [0.05, 0.1) is 0 Å². The molecule has 64 valence electrons. The van der Waals surface area contributed by atoms with Gasteiger partial charge in [0.25, 0.3) is 0 Å². The summed E-state index contributed by atoms with van der Waals surface area (Å²) in [5.41, 5.74) is 0.0457. The normalized spacial score (nSPS) is 9.92. The van der Waals surface area contributed by atoms with E-state index in [9.17, 15) is 13.6 Å². The van der Waals surface area contributed by atoms with Crippen LogP contribution in [-0.4, -0.2) is 12.5 Å². The number of alkyl halides is 1. The molecule has 1 nitrogen and oxygen atoms in total. The molecule has 1 rings (SSSR count). The van der Waals surface area contributed by atoms with Crippen LogP contribution >= 0.6 is 15.9 Å². The first-order valence-electron chi connectivity index (χ1n) is 3.18. The molecule has 0 amide bonds. The Kier molecular flexibility index (Phi) is 2.92. The fraction of sp³-hybridized carbons (Fsp3) is 0.125. The van der Waals surface area contributed by atoms with E-state index in [0.29, 0.717) is 4.47 Å². The van der Waals surface area contributed by atoms with Gasteiger partial charge in [-0.25, -0.2) is 8.78 Å². The molecule has 1 aromatic carbocycles. The van der Waals surface area contributed by atoms with Crippen molar-refractivity contribution in [1.82, 2.24) is 0 Å². The molecular weight excluding hydrogens is 230 g/mol. The molecule has 0 saturated heterocycles. The lowest BCUT2D eigenvalue weighted by molar-refractivity contribution is 0.0958. The number of rotatable bonds is 2. The van der Waals surface area contributed by atoms with E-state index in [1.54, 1.807) is 0 Å². The Morgan fingerprint density at radius 1 is 1.42 bits per heavy atom. The fourth-order valence-corrected chi connectivity index (χ4v) is 1.26. The minimum absolute atomic E-state index is 0.0457. The van der Waals surface area contributed by atoms with Crippen LogP contribution in [0.4, 0.5) is 8.78 Å². The average molecular weight is 235 g/mol. The number of hydrogen-bond acceptors (Lipinski definition) is 1. The molecule has 0 bridgehead atoms. The van der Waals surface area contributed by atoms with Gasteiger partial charge < -0.3 is 0 Å². The van der Waals surface area contributed by atoms with Crippen LogP contribution in [0.5, 0.6) is 0 Å². The number of benzene rings is 1. The summed E-state index contributed by atoms with van der Waals surface area (Å²) < 4.78 is 24.9. The highest BCUT2D eigenvalue weighted by Gasteiger charge is 2.06. The van der Waals surface area contributed by atoms with E-state index in [0.717, 1.165) is 6.07 Å². The molecule has 1 aromatic rings. The van der Waals surface area contributed by atoms with Crippen LogP contribution in [-0.2, 0) is 0 Å². The highest BCUT2D eigenvalue weighted by atomic mass is 79.9. The zero-order chi connectivity index (χ0) is 9.14. The van der Waals surface area contributed by atoms with Gasteiger partial charge in [-0.15, -0.1) is 0 Å². The summed E-state index contributed by atoms with van der Waals surface area (Å²) in [7, 11) is 0. The van der Waals surface area contributed by atoms with Crippen molar-refractivity contribution in [2.24, 2.45) is 0 Å². The van der Waals surface area contributed by atoms with E-state index >= 15 is 0 Å². The van der Waals surface area contributed by atoms with Gasteiger partial charge in [-0.05, 0) is 18.2 Å². The summed E-state index contributed by atoms with van der Waals surface area (Å²) >= 11 is 3.00. The van der Waals surface area contributed by atoms with Crippen molar-refractivity contribution in [3.8, 4) is 0 Å². The molecule has 0 spiro atoms. The van der Waals surface area contributed by atoms with Crippen LogP contribution < -0.4 is 0 Å². The van der Waals surface area contributed by atoms with Gasteiger partial charge in [0.1, 0.15) is 5.82 Å². The summed E-state index contributed by atoms with van der Waals surface area (Å²) in [5, 5.41) is 0. The molecule has 12 heavy (non-hydrogen) atoms. The van der Waals surface area contributed by atoms with E-state index < -0.39 is 18.3 Å². The Labute approximate surface area is 76.5 Å². The van der Waals surface area contributed by atoms with Crippen molar-refractivity contribution in [2.75, 3.05) is 6.67 Å². The molecular formula is C8H5BrF2O. The summed E-state index contributed by atoms with van der Waals surface area (Å²) in [4.78, 5) is 10.8. The Hall–Kier alpha value is -0.770. The van der Waals surface area contributed by atoms with Gasteiger partial charge in [-0.2, -0.15) is 0 Å². The minimum atomic E-state index is -1.10. The predicted molar refractivity (Wildman–Crippen MR) is 44.4 cm³/mol. The maximum Gasteiger partial charge on any atom is 0.193 e. The first-order valence-corrected chi connectivity index (χ1v) is 3.98. The molecule has 0 aliphatic carbocycles. The van der Waals surface area contributed by atoms with Crippen LogP contribution in [0.15, 0.2) is 22.7 Å². The maximum absolute atomic E-state index is 12.6. The molecule has 0 aliphatic heterocycles. The number of ketones is 1. The molecule has 0 saturated carbocycles. The Bertz CT molecular complexity index is 292. The van der Waals surface area contributed by atoms with Crippen molar-refractivity contribution in [1.29, 1.82) is 0 Å². The van der Waals surface area contributed by atoms with Crippen molar-refractivity contribution >= 4 is 21.7 Å². The van der Waals surface area contributed by atoms with Crippen LogP contribution in [0.2, 0.25) is 0 Å². The molecule has 0 N–H and O–H groups in total. The first-order chi connectivity index (χ1) is 5.63. The number of Topliss-reactive ketones (excluding diaryl/α,β-unsaturated/α-hetero) is 1. The van der Waals surface area contributed by atoms with Crippen molar-refractivity contribution in [2.45, 2.75) is 0 Å². The average Bonchev–Trinajstić information content (AvgIpc) is 2.01. The van der Waals surface area contributed by atoms with Gasteiger partial charge >= 0.3 is 0 Å². The van der Waals surface area contributed by atoms with E-state index in [-0.39, 0.29) is 5.56 Å².